The summed E-state index contributed by atoms with van der Waals surface area (Å²) in [5.74, 6) is 0. The van der Waals surface area contributed by atoms with Gasteiger partial charge in [-0.25, -0.2) is 13.1 Å². The molecule has 0 bridgehead atoms. The normalized spacial score (nSPS) is 14.2. The fraction of sp³-hybridized carbons (Fsp3) is 0.429. The van der Waals surface area contributed by atoms with Crippen LogP contribution in [0.2, 0.25) is 4.34 Å². The Morgan fingerprint density at radius 3 is 2.71 bits per heavy atom. The summed E-state index contributed by atoms with van der Waals surface area (Å²) in [7, 11) is -3.53. The fourth-order valence-corrected chi connectivity index (χ4v) is 3.54. The van der Waals surface area contributed by atoms with E-state index in [9.17, 15) is 8.42 Å². The van der Waals surface area contributed by atoms with Gasteiger partial charge in [0.15, 0.2) is 0 Å². The van der Waals surface area contributed by atoms with E-state index >= 15 is 0 Å². The molecule has 7 heteroatoms. The molecule has 80 valence electrons. The molecule has 0 aliphatic rings. The minimum atomic E-state index is -3.53. The van der Waals surface area contributed by atoms with E-state index in [2.05, 4.69) is 4.72 Å². The van der Waals surface area contributed by atoms with Gasteiger partial charge in [0.05, 0.1) is 10.9 Å². The SMILES string of the molecule is CC(CO)NS(=O)(=O)c1ccc(Cl)s1. The zero-order valence-electron chi connectivity index (χ0n) is 7.40. The summed E-state index contributed by atoms with van der Waals surface area (Å²) in [6, 6.07) is 2.45. The van der Waals surface area contributed by atoms with Crippen LogP contribution in [0.1, 0.15) is 6.92 Å². The molecule has 0 fully saturated rings. The van der Waals surface area contributed by atoms with Crippen molar-refractivity contribution in [3.63, 3.8) is 0 Å². The van der Waals surface area contributed by atoms with E-state index in [1.807, 2.05) is 0 Å². The fourth-order valence-electron chi connectivity index (χ4n) is 0.802. The molecule has 1 aromatic heterocycles. The lowest BCUT2D eigenvalue weighted by atomic mass is 10.4. The summed E-state index contributed by atoms with van der Waals surface area (Å²) >= 11 is 6.59. The van der Waals surface area contributed by atoms with Crippen molar-refractivity contribution in [2.24, 2.45) is 0 Å². The van der Waals surface area contributed by atoms with Crippen LogP contribution in [-0.4, -0.2) is 26.2 Å². The van der Waals surface area contributed by atoms with E-state index in [-0.39, 0.29) is 10.8 Å². The number of sulfonamides is 1. The Morgan fingerprint density at radius 1 is 1.64 bits per heavy atom. The van der Waals surface area contributed by atoms with E-state index in [1.165, 1.54) is 12.1 Å². The van der Waals surface area contributed by atoms with Gasteiger partial charge in [0.2, 0.25) is 10.0 Å². The average Bonchev–Trinajstić information content (AvgIpc) is 2.51. The molecule has 0 spiro atoms. The lowest BCUT2D eigenvalue weighted by Gasteiger charge is -2.09. The number of hydrogen-bond donors (Lipinski definition) is 2. The van der Waals surface area contributed by atoms with Gasteiger partial charge in [0, 0.05) is 6.04 Å². The zero-order valence-corrected chi connectivity index (χ0v) is 9.79. The Kier molecular flexibility index (Phi) is 3.91. The van der Waals surface area contributed by atoms with Crippen molar-refractivity contribution in [2.75, 3.05) is 6.61 Å². The van der Waals surface area contributed by atoms with Crippen LogP contribution in [0.15, 0.2) is 16.3 Å². The van der Waals surface area contributed by atoms with Crippen molar-refractivity contribution in [1.29, 1.82) is 0 Å². The molecule has 1 aromatic rings. The van der Waals surface area contributed by atoms with Crippen molar-refractivity contribution in [3.05, 3.63) is 16.5 Å². The van der Waals surface area contributed by atoms with Gasteiger partial charge in [-0.3, -0.25) is 0 Å². The number of thiophene rings is 1. The summed E-state index contributed by atoms with van der Waals surface area (Å²) in [6.07, 6.45) is 0. The lowest BCUT2D eigenvalue weighted by molar-refractivity contribution is 0.265. The number of halogens is 1. The number of aliphatic hydroxyl groups is 1. The van der Waals surface area contributed by atoms with Crippen LogP contribution in [0.5, 0.6) is 0 Å². The average molecular weight is 256 g/mol. The van der Waals surface area contributed by atoms with Crippen molar-refractivity contribution in [3.8, 4) is 0 Å². The summed E-state index contributed by atoms with van der Waals surface area (Å²) in [6.45, 7) is 1.34. The Morgan fingerprint density at radius 2 is 2.29 bits per heavy atom. The summed E-state index contributed by atoms with van der Waals surface area (Å²) in [5, 5.41) is 8.70. The largest absolute Gasteiger partial charge is 0.395 e. The minimum Gasteiger partial charge on any atom is -0.395 e. The monoisotopic (exact) mass is 255 g/mol. The molecule has 0 radical (unpaired) electrons. The predicted octanol–water partition coefficient (Wildman–Crippen LogP) is 1.06. The molecule has 2 N–H and O–H groups in total. The van der Waals surface area contributed by atoms with Crippen molar-refractivity contribution >= 4 is 33.0 Å². The molecule has 1 unspecified atom stereocenters. The Bertz CT molecular complexity index is 401. The molecule has 0 aromatic carbocycles. The smallest absolute Gasteiger partial charge is 0.250 e. The third-order valence-electron chi connectivity index (χ3n) is 1.44. The molecule has 4 nitrogen and oxygen atoms in total. The van der Waals surface area contributed by atoms with Crippen LogP contribution in [-0.2, 0) is 10.0 Å². The van der Waals surface area contributed by atoms with Gasteiger partial charge in [-0.05, 0) is 19.1 Å². The van der Waals surface area contributed by atoms with Gasteiger partial charge < -0.3 is 5.11 Å². The second kappa shape index (κ2) is 4.59. The van der Waals surface area contributed by atoms with Gasteiger partial charge in [0.25, 0.3) is 0 Å². The maximum absolute atomic E-state index is 11.5. The van der Waals surface area contributed by atoms with Crippen LogP contribution in [0, 0.1) is 0 Å². The summed E-state index contributed by atoms with van der Waals surface area (Å²) in [4.78, 5) is 0. The third kappa shape index (κ3) is 2.93. The van der Waals surface area contributed by atoms with Gasteiger partial charge in [-0.1, -0.05) is 11.6 Å². The van der Waals surface area contributed by atoms with Gasteiger partial charge in [0.1, 0.15) is 4.21 Å². The topological polar surface area (TPSA) is 66.4 Å². The van der Waals surface area contributed by atoms with E-state index in [0.717, 1.165) is 11.3 Å². The molecule has 0 aliphatic heterocycles. The highest BCUT2D eigenvalue weighted by atomic mass is 35.5. The first-order chi connectivity index (χ1) is 6.45. The van der Waals surface area contributed by atoms with Crippen LogP contribution in [0.3, 0.4) is 0 Å². The molecule has 0 saturated carbocycles. The van der Waals surface area contributed by atoms with Gasteiger partial charge in [-0.2, -0.15) is 0 Å². The summed E-state index contributed by atoms with van der Waals surface area (Å²) in [5.41, 5.74) is 0. The van der Waals surface area contributed by atoms with Crippen molar-refractivity contribution in [2.45, 2.75) is 17.2 Å². The molecule has 14 heavy (non-hydrogen) atoms. The predicted molar refractivity (Wildman–Crippen MR) is 56.2 cm³/mol. The summed E-state index contributed by atoms with van der Waals surface area (Å²) < 4.78 is 26.0. The molecule has 0 saturated heterocycles. The number of nitrogens with one attached hydrogen (secondary N) is 1. The first-order valence-electron chi connectivity index (χ1n) is 3.84. The standard InChI is InChI=1S/C7H10ClNO3S2/c1-5(4-10)9-14(11,12)7-3-2-6(8)13-7/h2-3,5,9-10H,4H2,1H3. The van der Waals surface area contributed by atoms with Crippen LogP contribution >= 0.6 is 22.9 Å². The Balaban J connectivity index is 2.86. The van der Waals surface area contributed by atoms with E-state index in [0.29, 0.717) is 4.34 Å². The maximum atomic E-state index is 11.5. The lowest BCUT2D eigenvalue weighted by Crippen LogP contribution is -2.34. The van der Waals surface area contributed by atoms with Crippen molar-refractivity contribution < 1.29 is 13.5 Å². The van der Waals surface area contributed by atoms with Crippen LogP contribution in [0.25, 0.3) is 0 Å². The quantitative estimate of drug-likeness (QED) is 0.846. The first-order valence-corrected chi connectivity index (χ1v) is 6.52. The zero-order chi connectivity index (χ0) is 10.8. The molecule has 1 atom stereocenters. The minimum absolute atomic E-state index is 0.155. The van der Waals surface area contributed by atoms with E-state index < -0.39 is 16.1 Å². The van der Waals surface area contributed by atoms with E-state index in [1.54, 1.807) is 6.92 Å². The number of rotatable bonds is 4. The Hall–Kier alpha value is -0.140. The number of hydrogen-bond acceptors (Lipinski definition) is 4. The highest BCUT2D eigenvalue weighted by molar-refractivity contribution is 7.91. The highest BCUT2D eigenvalue weighted by Crippen LogP contribution is 2.25. The molecule has 0 amide bonds. The highest BCUT2D eigenvalue weighted by Gasteiger charge is 2.18. The van der Waals surface area contributed by atoms with Gasteiger partial charge in [-0.15, -0.1) is 11.3 Å². The maximum Gasteiger partial charge on any atom is 0.250 e. The molecule has 1 rings (SSSR count). The second-order valence-electron chi connectivity index (χ2n) is 2.76. The first kappa shape index (κ1) is 11.9. The van der Waals surface area contributed by atoms with Crippen LogP contribution < -0.4 is 4.72 Å². The molecular weight excluding hydrogens is 246 g/mol. The van der Waals surface area contributed by atoms with E-state index in [4.69, 9.17) is 16.7 Å². The van der Waals surface area contributed by atoms with Gasteiger partial charge >= 0.3 is 0 Å². The number of aliphatic hydroxyl groups excluding tert-OH is 1. The molecule has 0 aliphatic carbocycles. The van der Waals surface area contributed by atoms with Crippen LogP contribution in [0.4, 0.5) is 0 Å². The molecule has 1 heterocycles. The second-order valence-corrected chi connectivity index (χ2v) is 6.42. The van der Waals surface area contributed by atoms with Crippen molar-refractivity contribution in [1.82, 2.24) is 4.72 Å². The Labute approximate surface area is 91.6 Å². The molecular formula is C7H10ClNO3S2. The third-order valence-corrected chi connectivity index (χ3v) is 4.76.